The highest BCUT2D eigenvalue weighted by Crippen LogP contribution is 2.17. The van der Waals surface area contributed by atoms with Gasteiger partial charge in [0.2, 0.25) is 5.91 Å². The van der Waals surface area contributed by atoms with Gasteiger partial charge in [-0.05, 0) is 25.8 Å². The predicted octanol–water partition coefficient (Wildman–Crippen LogP) is 2.03. The molecule has 4 nitrogen and oxygen atoms in total. The maximum atomic E-state index is 11.8. The van der Waals surface area contributed by atoms with E-state index in [0.717, 1.165) is 18.5 Å². The molecule has 0 unspecified atom stereocenters. The Bertz CT molecular complexity index is 366. The number of nitrogens with zero attached hydrogens (tertiary/aromatic N) is 2. The summed E-state index contributed by atoms with van der Waals surface area (Å²) >= 11 is 0. The fourth-order valence-corrected chi connectivity index (χ4v) is 2.39. The van der Waals surface area contributed by atoms with Gasteiger partial charge in [0.1, 0.15) is 0 Å². The van der Waals surface area contributed by atoms with Gasteiger partial charge in [-0.1, -0.05) is 19.3 Å². The highest BCUT2D eigenvalue weighted by atomic mass is 16.1. The first-order chi connectivity index (χ1) is 8.25. The molecule has 1 fully saturated rings. The van der Waals surface area contributed by atoms with E-state index in [-0.39, 0.29) is 5.91 Å². The molecule has 0 aromatic carbocycles. The maximum absolute atomic E-state index is 11.8. The monoisotopic (exact) mass is 235 g/mol. The third-order valence-corrected chi connectivity index (χ3v) is 3.45. The van der Waals surface area contributed by atoms with E-state index < -0.39 is 0 Å². The van der Waals surface area contributed by atoms with E-state index in [4.69, 9.17) is 0 Å². The van der Waals surface area contributed by atoms with E-state index in [1.54, 1.807) is 6.20 Å². The molecule has 1 N–H and O–H groups in total. The molecule has 1 aromatic heterocycles. The van der Waals surface area contributed by atoms with Crippen LogP contribution in [-0.2, 0) is 11.3 Å². The fraction of sp³-hybridized carbons (Fsp3) is 0.692. The summed E-state index contributed by atoms with van der Waals surface area (Å²) in [5, 5.41) is 7.29. The van der Waals surface area contributed by atoms with Crippen LogP contribution < -0.4 is 5.32 Å². The van der Waals surface area contributed by atoms with Crippen molar-refractivity contribution in [2.45, 2.75) is 58.0 Å². The lowest BCUT2D eigenvalue weighted by atomic mass is 9.95. The number of carbonyl (C=O) groups excluding carboxylic acids is 1. The zero-order valence-corrected chi connectivity index (χ0v) is 10.5. The lowest BCUT2D eigenvalue weighted by Crippen LogP contribution is -2.36. The fourth-order valence-electron chi connectivity index (χ4n) is 2.39. The topological polar surface area (TPSA) is 46.9 Å². The summed E-state index contributed by atoms with van der Waals surface area (Å²) in [5.74, 6) is 0.159. The number of hydrogen-bond acceptors (Lipinski definition) is 2. The smallest absolute Gasteiger partial charge is 0.222 e. The van der Waals surface area contributed by atoms with Crippen LogP contribution in [0.5, 0.6) is 0 Å². The molecule has 17 heavy (non-hydrogen) atoms. The first-order valence-corrected chi connectivity index (χ1v) is 6.53. The number of aryl methyl sites for hydroxylation is 2. The highest BCUT2D eigenvalue weighted by molar-refractivity contribution is 5.76. The molecule has 1 aliphatic carbocycles. The molecule has 0 saturated heterocycles. The van der Waals surface area contributed by atoms with Gasteiger partial charge in [0.15, 0.2) is 0 Å². The van der Waals surface area contributed by atoms with Crippen LogP contribution in [-0.4, -0.2) is 21.7 Å². The van der Waals surface area contributed by atoms with Gasteiger partial charge in [0.25, 0.3) is 0 Å². The molecule has 1 aromatic rings. The van der Waals surface area contributed by atoms with E-state index >= 15 is 0 Å². The minimum Gasteiger partial charge on any atom is -0.353 e. The number of aromatic nitrogens is 2. The van der Waals surface area contributed by atoms with Crippen molar-refractivity contribution >= 4 is 5.91 Å². The Morgan fingerprint density at radius 2 is 2.24 bits per heavy atom. The summed E-state index contributed by atoms with van der Waals surface area (Å²) in [5.41, 5.74) is 1.11. The molecule has 0 atom stereocenters. The van der Waals surface area contributed by atoms with Crippen LogP contribution in [0.4, 0.5) is 0 Å². The first kappa shape index (κ1) is 12.1. The Kier molecular flexibility index (Phi) is 4.18. The average molecular weight is 235 g/mol. The average Bonchev–Trinajstić information content (AvgIpc) is 2.74. The maximum Gasteiger partial charge on any atom is 0.222 e. The molecular formula is C13H21N3O. The van der Waals surface area contributed by atoms with Crippen LogP contribution in [0.1, 0.15) is 44.2 Å². The largest absolute Gasteiger partial charge is 0.353 e. The van der Waals surface area contributed by atoms with E-state index in [2.05, 4.69) is 10.4 Å². The normalized spacial score (nSPS) is 17.0. The molecule has 2 rings (SSSR count). The Balaban J connectivity index is 1.72. The number of hydrogen-bond donors (Lipinski definition) is 1. The number of amides is 1. The Labute approximate surface area is 102 Å². The van der Waals surface area contributed by atoms with Crippen molar-refractivity contribution in [3.8, 4) is 0 Å². The summed E-state index contributed by atoms with van der Waals surface area (Å²) in [4.78, 5) is 11.8. The molecule has 4 heteroatoms. The SMILES string of the molecule is Cc1ccnn1CCC(=O)NC1CCCCC1. The van der Waals surface area contributed by atoms with Gasteiger partial charge < -0.3 is 5.32 Å². The molecule has 94 valence electrons. The van der Waals surface area contributed by atoms with Gasteiger partial charge in [-0.15, -0.1) is 0 Å². The summed E-state index contributed by atoms with van der Waals surface area (Å²) in [7, 11) is 0. The molecule has 1 aliphatic rings. The number of rotatable bonds is 4. The predicted molar refractivity (Wildman–Crippen MR) is 66.6 cm³/mol. The zero-order chi connectivity index (χ0) is 12.1. The minimum absolute atomic E-state index is 0.159. The molecule has 1 heterocycles. The van der Waals surface area contributed by atoms with Crippen LogP contribution >= 0.6 is 0 Å². The lowest BCUT2D eigenvalue weighted by molar-refractivity contribution is -0.122. The van der Waals surface area contributed by atoms with Crippen molar-refractivity contribution in [1.82, 2.24) is 15.1 Å². The molecule has 1 saturated carbocycles. The third-order valence-electron chi connectivity index (χ3n) is 3.45. The highest BCUT2D eigenvalue weighted by Gasteiger charge is 2.15. The minimum atomic E-state index is 0.159. The summed E-state index contributed by atoms with van der Waals surface area (Å²) in [6.45, 7) is 2.68. The summed E-state index contributed by atoms with van der Waals surface area (Å²) < 4.78 is 1.88. The van der Waals surface area contributed by atoms with Crippen LogP contribution in [0, 0.1) is 6.92 Å². The van der Waals surface area contributed by atoms with Gasteiger partial charge >= 0.3 is 0 Å². The molecule has 1 amide bonds. The molecule has 0 aliphatic heterocycles. The summed E-state index contributed by atoms with van der Waals surface area (Å²) in [6, 6.07) is 2.37. The number of nitrogens with one attached hydrogen (secondary N) is 1. The third kappa shape index (κ3) is 3.58. The Hall–Kier alpha value is -1.32. The van der Waals surface area contributed by atoms with Gasteiger partial charge in [-0.3, -0.25) is 9.48 Å². The van der Waals surface area contributed by atoms with E-state index in [9.17, 15) is 4.79 Å². The van der Waals surface area contributed by atoms with E-state index in [0.29, 0.717) is 19.0 Å². The van der Waals surface area contributed by atoms with Gasteiger partial charge in [0, 0.05) is 30.9 Å². The first-order valence-electron chi connectivity index (χ1n) is 6.53. The van der Waals surface area contributed by atoms with Crippen LogP contribution in [0.3, 0.4) is 0 Å². The quantitative estimate of drug-likeness (QED) is 0.868. The molecule has 0 spiro atoms. The molecule has 0 radical (unpaired) electrons. The van der Waals surface area contributed by atoms with Gasteiger partial charge in [0.05, 0.1) is 0 Å². The second-order valence-electron chi connectivity index (χ2n) is 4.85. The van der Waals surface area contributed by atoms with Crippen molar-refractivity contribution in [2.75, 3.05) is 0 Å². The Morgan fingerprint density at radius 3 is 2.88 bits per heavy atom. The van der Waals surface area contributed by atoms with Crippen molar-refractivity contribution in [1.29, 1.82) is 0 Å². The summed E-state index contributed by atoms with van der Waals surface area (Å²) in [6.07, 6.45) is 8.41. The molecular weight excluding hydrogens is 214 g/mol. The standard InChI is InChI=1S/C13H21N3O/c1-11-7-9-14-16(11)10-8-13(17)15-12-5-3-2-4-6-12/h7,9,12H,2-6,8,10H2,1H3,(H,15,17). The van der Waals surface area contributed by atoms with Crippen LogP contribution in [0.15, 0.2) is 12.3 Å². The second kappa shape index (κ2) is 5.84. The van der Waals surface area contributed by atoms with Crippen molar-refractivity contribution < 1.29 is 4.79 Å². The zero-order valence-electron chi connectivity index (χ0n) is 10.5. The van der Waals surface area contributed by atoms with E-state index in [1.807, 2.05) is 17.7 Å². The lowest BCUT2D eigenvalue weighted by Gasteiger charge is -2.22. The Morgan fingerprint density at radius 1 is 1.47 bits per heavy atom. The van der Waals surface area contributed by atoms with Crippen LogP contribution in [0.25, 0.3) is 0 Å². The van der Waals surface area contributed by atoms with Crippen molar-refractivity contribution in [3.05, 3.63) is 18.0 Å². The van der Waals surface area contributed by atoms with Gasteiger partial charge in [-0.2, -0.15) is 5.10 Å². The van der Waals surface area contributed by atoms with Crippen molar-refractivity contribution in [3.63, 3.8) is 0 Å². The molecule has 0 bridgehead atoms. The van der Waals surface area contributed by atoms with Crippen LogP contribution in [0.2, 0.25) is 0 Å². The number of carbonyl (C=O) groups is 1. The van der Waals surface area contributed by atoms with E-state index in [1.165, 1.54) is 19.3 Å². The second-order valence-corrected chi connectivity index (χ2v) is 4.85. The van der Waals surface area contributed by atoms with Crippen molar-refractivity contribution in [2.24, 2.45) is 0 Å². The van der Waals surface area contributed by atoms with Gasteiger partial charge in [-0.25, -0.2) is 0 Å².